The predicted molar refractivity (Wildman–Crippen MR) is 68.7 cm³/mol. The van der Waals surface area contributed by atoms with Gasteiger partial charge in [-0.25, -0.2) is 23.1 Å². The maximum Gasteiger partial charge on any atom is 0.243 e. The fraction of sp³-hybridized carbons (Fsp3) is 0.636. The van der Waals surface area contributed by atoms with Crippen LogP contribution in [0.25, 0.3) is 0 Å². The van der Waals surface area contributed by atoms with Crippen LogP contribution in [0.1, 0.15) is 26.2 Å². The van der Waals surface area contributed by atoms with Gasteiger partial charge in [0, 0.05) is 13.1 Å². The van der Waals surface area contributed by atoms with Crippen molar-refractivity contribution in [2.45, 2.75) is 31.1 Å². The summed E-state index contributed by atoms with van der Waals surface area (Å²) in [5.74, 6) is 1.15. The number of sulfonamides is 1. The third kappa shape index (κ3) is 3.64. The van der Waals surface area contributed by atoms with E-state index in [1.54, 1.807) is 0 Å². The van der Waals surface area contributed by atoms with Gasteiger partial charge in [-0.3, -0.25) is 0 Å². The fourth-order valence-electron chi connectivity index (χ4n) is 1.59. The second-order valence-electron chi connectivity index (χ2n) is 4.40. The summed E-state index contributed by atoms with van der Waals surface area (Å²) < 4.78 is 26.4. The Morgan fingerprint density at radius 1 is 1.33 bits per heavy atom. The van der Waals surface area contributed by atoms with Gasteiger partial charge in [0.15, 0.2) is 0 Å². The summed E-state index contributed by atoms with van der Waals surface area (Å²) in [6.45, 7) is 3.11. The lowest BCUT2D eigenvalue weighted by Gasteiger charge is -2.06. The molecule has 0 amide bonds. The van der Waals surface area contributed by atoms with Crippen LogP contribution < -0.4 is 10.0 Å². The molecule has 0 aliphatic heterocycles. The normalized spacial score (nSPS) is 15.6. The van der Waals surface area contributed by atoms with E-state index in [2.05, 4.69) is 20.0 Å². The predicted octanol–water partition coefficient (Wildman–Crippen LogP) is 0.987. The maximum atomic E-state index is 11.9. The molecule has 1 heterocycles. The highest BCUT2D eigenvalue weighted by Gasteiger charge is 2.22. The zero-order chi connectivity index (χ0) is 13.0. The maximum absolute atomic E-state index is 11.9. The van der Waals surface area contributed by atoms with Gasteiger partial charge in [-0.05, 0) is 19.3 Å². The SMILES string of the molecule is CCNc1ncc(S(=O)(=O)NCCC2CC2)cn1. The topological polar surface area (TPSA) is 84.0 Å². The lowest BCUT2D eigenvalue weighted by Crippen LogP contribution is -2.25. The van der Waals surface area contributed by atoms with Crippen LogP contribution in [0, 0.1) is 5.92 Å². The van der Waals surface area contributed by atoms with Crippen molar-refractivity contribution in [2.75, 3.05) is 18.4 Å². The van der Waals surface area contributed by atoms with E-state index in [0.717, 1.165) is 6.42 Å². The molecule has 2 N–H and O–H groups in total. The summed E-state index contributed by atoms with van der Waals surface area (Å²) in [4.78, 5) is 8.01. The summed E-state index contributed by atoms with van der Waals surface area (Å²) in [5.41, 5.74) is 0. The molecule has 0 saturated heterocycles. The molecule has 1 fully saturated rings. The first kappa shape index (κ1) is 13.2. The molecule has 0 spiro atoms. The van der Waals surface area contributed by atoms with Crippen molar-refractivity contribution in [1.29, 1.82) is 0 Å². The Balaban J connectivity index is 1.94. The molecule has 1 aliphatic rings. The summed E-state index contributed by atoms with van der Waals surface area (Å²) in [6.07, 6.45) is 6.01. The molecule has 1 aromatic rings. The first-order chi connectivity index (χ1) is 8.62. The van der Waals surface area contributed by atoms with E-state index in [4.69, 9.17) is 0 Å². The van der Waals surface area contributed by atoms with Crippen LogP contribution in [0.4, 0.5) is 5.95 Å². The molecule has 6 nitrogen and oxygen atoms in total. The second-order valence-corrected chi connectivity index (χ2v) is 6.17. The summed E-state index contributed by atoms with van der Waals surface area (Å²) in [7, 11) is -3.46. The Bertz CT molecular complexity index is 482. The monoisotopic (exact) mass is 270 g/mol. The van der Waals surface area contributed by atoms with Crippen molar-refractivity contribution in [3.63, 3.8) is 0 Å². The number of aromatic nitrogens is 2. The van der Waals surface area contributed by atoms with E-state index in [1.165, 1.54) is 25.2 Å². The van der Waals surface area contributed by atoms with Gasteiger partial charge < -0.3 is 5.32 Å². The minimum absolute atomic E-state index is 0.111. The van der Waals surface area contributed by atoms with Crippen LogP contribution in [-0.4, -0.2) is 31.5 Å². The van der Waals surface area contributed by atoms with Crippen molar-refractivity contribution in [2.24, 2.45) is 5.92 Å². The van der Waals surface area contributed by atoms with E-state index < -0.39 is 10.0 Å². The van der Waals surface area contributed by atoms with Crippen molar-refractivity contribution < 1.29 is 8.42 Å². The minimum atomic E-state index is -3.46. The lowest BCUT2D eigenvalue weighted by atomic mass is 10.3. The molecule has 100 valence electrons. The summed E-state index contributed by atoms with van der Waals surface area (Å²) in [5, 5.41) is 2.92. The van der Waals surface area contributed by atoms with Gasteiger partial charge in [-0.2, -0.15) is 0 Å². The van der Waals surface area contributed by atoms with E-state index in [1.807, 2.05) is 6.92 Å². The molecule has 1 aliphatic carbocycles. The molecule has 18 heavy (non-hydrogen) atoms. The van der Waals surface area contributed by atoms with Crippen molar-refractivity contribution in [3.05, 3.63) is 12.4 Å². The van der Waals surface area contributed by atoms with E-state index in [0.29, 0.717) is 25.0 Å². The quantitative estimate of drug-likeness (QED) is 0.772. The second kappa shape index (κ2) is 5.62. The molecule has 0 radical (unpaired) electrons. The van der Waals surface area contributed by atoms with Crippen LogP contribution in [0.2, 0.25) is 0 Å². The Labute approximate surface area is 107 Å². The van der Waals surface area contributed by atoms with Crippen LogP contribution in [0.3, 0.4) is 0 Å². The Kier molecular flexibility index (Phi) is 4.13. The van der Waals surface area contributed by atoms with E-state index in [9.17, 15) is 8.42 Å². The highest BCUT2D eigenvalue weighted by Crippen LogP contribution is 2.31. The Morgan fingerprint density at radius 3 is 2.56 bits per heavy atom. The molecule has 0 atom stereocenters. The average Bonchev–Trinajstić information content (AvgIpc) is 3.14. The number of nitrogens with one attached hydrogen (secondary N) is 2. The van der Waals surface area contributed by atoms with Gasteiger partial charge in [0.05, 0.1) is 12.4 Å². The van der Waals surface area contributed by atoms with E-state index in [-0.39, 0.29) is 4.90 Å². The van der Waals surface area contributed by atoms with Gasteiger partial charge in [0.25, 0.3) is 0 Å². The highest BCUT2D eigenvalue weighted by molar-refractivity contribution is 7.89. The first-order valence-electron chi connectivity index (χ1n) is 6.17. The van der Waals surface area contributed by atoms with Crippen molar-refractivity contribution in [3.8, 4) is 0 Å². The van der Waals surface area contributed by atoms with E-state index >= 15 is 0 Å². The molecule has 1 saturated carbocycles. The zero-order valence-corrected chi connectivity index (χ0v) is 11.2. The molecule has 1 aromatic heterocycles. The van der Waals surface area contributed by atoms with Crippen LogP contribution in [0.5, 0.6) is 0 Å². The number of rotatable bonds is 7. The van der Waals surface area contributed by atoms with Gasteiger partial charge in [-0.1, -0.05) is 12.8 Å². The number of hydrogen-bond acceptors (Lipinski definition) is 5. The third-order valence-corrected chi connectivity index (χ3v) is 4.23. The van der Waals surface area contributed by atoms with Crippen LogP contribution >= 0.6 is 0 Å². The molecule has 2 rings (SSSR count). The third-order valence-electron chi connectivity index (χ3n) is 2.81. The standard InChI is InChI=1S/C11H18N4O2S/c1-2-12-11-13-7-10(8-14-11)18(16,17)15-6-5-9-3-4-9/h7-9,15H,2-6H2,1H3,(H,12,13,14). The van der Waals surface area contributed by atoms with Gasteiger partial charge in [-0.15, -0.1) is 0 Å². The van der Waals surface area contributed by atoms with Crippen molar-refractivity contribution >= 4 is 16.0 Å². The molecular weight excluding hydrogens is 252 g/mol. The molecule has 0 aromatic carbocycles. The van der Waals surface area contributed by atoms with Crippen molar-refractivity contribution in [1.82, 2.24) is 14.7 Å². The Morgan fingerprint density at radius 2 is 2.00 bits per heavy atom. The van der Waals surface area contributed by atoms with Gasteiger partial charge >= 0.3 is 0 Å². The smallest absolute Gasteiger partial charge is 0.243 e. The Hall–Kier alpha value is -1.21. The lowest BCUT2D eigenvalue weighted by molar-refractivity contribution is 0.574. The molecular formula is C11H18N4O2S. The average molecular weight is 270 g/mol. The first-order valence-corrected chi connectivity index (χ1v) is 7.65. The molecule has 0 bridgehead atoms. The van der Waals surface area contributed by atoms with Gasteiger partial charge in [0.1, 0.15) is 4.90 Å². The largest absolute Gasteiger partial charge is 0.355 e. The van der Waals surface area contributed by atoms with Gasteiger partial charge in [0.2, 0.25) is 16.0 Å². The fourth-order valence-corrected chi connectivity index (χ4v) is 2.53. The minimum Gasteiger partial charge on any atom is -0.355 e. The highest BCUT2D eigenvalue weighted by atomic mass is 32.2. The van der Waals surface area contributed by atoms with Crippen LogP contribution in [-0.2, 0) is 10.0 Å². The zero-order valence-electron chi connectivity index (χ0n) is 10.4. The number of nitrogens with zero attached hydrogens (tertiary/aromatic N) is 2. The number of hydrogen-bond donors (Lipinski definition) is 2. The summed E-state index contributed by atoms with van der Waals surface area (Å²) >= 11 is 0. The molecule has 0 unspecified atom stereocenters. The van der Waals surface area contributed by atoms with Crippen LogP contribution in [0.15, 0.2) is 17.3 Å². The number of anilines is 1. The summed E-state index contributed by atoms with van der Waals surface area (Å²) in [6, 6.07) is 0. The molecule has 7 heteroatoms.